The number of nitrogens with one attached hydrogen (secondary N) is 3. The molecule has 1 amide bonds. The van der Waals surface area contributed by atoms with E-state index in [-0.39, 0.29) is 29.9 Å². The van der Waals surface area contributed by atoms with Crippen LogP contribution in [0.15, 0.2) is 95.6 Å². The summed E-state index contributed by atoms with van der Waals surface area (Å²) in [5.41, 5.74) is 3.02. The molecule has 2 heterocycles. The molecule has 0 aliphatic heterocycles. The second kappa shape index (κ2) is 12.5. The number of pyridine rings is 1. The van der Waals surface area contributed by atoms with Gasteiger partial charge in [0, 0.05) is 35.2 Å². The van der Waals surface area contributed by atoms with E-state index in [1.54, 1.807) is 48.5 Å². The molecule has 0 spiro atoms. The van der Waals surface area contributed by atoms with Crippen molar-refractivity contribution in [1.29, 1.82) is 0 Å². The van der Waals surface area contributed by atoms with Gasteiger partial charge in [0.25, 0.3) is 5.89 Å². The molecule has 0 saturated carbocycles. The third-order valence-corrected chi connectivity index (χ3v) is 5.72. The van der Waals surface area contributed by atoms with E-state index in [4.69, 9.17) is 4.52 Å². The van der Waals surface area contributed by atoms with E-state index in [2.05, 4.69) is 35.8 Å². The smallest absolute Gasteiger partial charge is 0.406 e. The van der Waals surface area contributed by atoms with Crippen LogP contribution in [0.2, 0.25) is 0 Å². The second-order valence-electron chi connectivity index (χ2n) is 8.91. The molecule has 0 aliphatic carbocycles. The molecule has 5 aromatic rings. The highest BCUT2D eigenvalue weighted by molar-refractivity contribution is 5.92. The van der Waals surface area contributed by atoms with E-state index in [1.165, 1.54) is 42.6 Å². The predicted molar refractivity (Wildman–Crippen MR) is 146 cm³/mol. The number of anilines is 3. The second-order valence-corrected chi connectivity index (χ2v) is 8.91. The van der Waals surface area contributed by atoms with Crippen LogP contribution in [0.3, 0.4) is 0 Å². The molecule has 13 heteroatoms. The minimum atomic E-state index is -4.77. The van der Waals surface area contributed by atoms with Gasteiger partial charge in [-0.25, -0.2) is 9.37 Å². The van der Waals surface area contributed by atoms with E-state index in [0.29, 0.717) is 40.7 Å². The normalized spacial score (nSPS) is 11.2. The van der Waals surface area contributed by atoms with Gasteiger partial charge in [0.2, 0.25) is 11.7 Å². The summed E-state index contributed by atoms with van der Waals surface area (Å²) in [4.78, 5) is 20.9. The van der Waals surface area contributed by atoms with Crippen molar-refractivity contribution in [1.82, 2.24) is 20.4 Å². The lowest BCUT2D eigenvalue weighted by Gasteiger charge is -2.10. The summed E-state index contributed by atoms with van der Waals surface area (Å²) in [6, 6.07) is 21.6. The Morgan fingerprint density at radius 1 is 0.905 bits per heavy atom. The molecule has 42 heavy (non-hydrogen) atoms. The van der Waals surface area contributed by atoms with Crippen molar-refractivity contribution in [2.75, 3.05) is 17.2 Å². The summed E-state index contributed by atoms with van der Waals surface area (Å²) in [6.07, 6.45) is -3.24. The number of hydrogen-bond acceptors (Lipinski definition) is 8. The van der Waals surface area contributed by atoms with E-state index in [0.717, 1.165) is 5.56 Å². The van der Waals surface area contributed by atoms with Crippen molar-refractivity contribution in [3.05, 3.63) is 103 Å². The van der Waals surface area contributed by atoms with Gasteiger partial charge in [-0.05, 0) is 78.4 Å². The van der Waals surface area contributed by atoms with E-state index >= 15 is 0 Å². The van der Waals surface area contributed by atoms with Gasteiger partial charge < -0.3 is 25.2 Å². The van der Waals surface area contributed by atoms with Gasteiger partial charge in [-0.2, -0.15) is 4.98 Å². The minimum absolute atomic E-state index is 0.0475. The van der Waals surface area contributed by atoms with Crippen LogP contribution in [-0.2, 0) is 11.3 Å². The number of carbonyl (C=O) groups excluding carboxylic acids is 1. The molecular weight excluding hydrogens is 556 g/mol. The molecule has 0 saturated heterocycles. The highest BCUT2D eigenvalue weighted by atomic mass is 19.4. The lowest BCUT2D eigenvalue weighted by atomic mass is 10.2. The average molecular weight is 579 g/mol. The largest absolute Gasteiger partial charge is 0.573 e. The number of halogens is 4. The first-order chi connectivity index (χ1) is 20.2. The van der Waals surface area contributed by atoms with Crippen molar-refractivity contribution >= 4 is 23.1 Å². The first-order valence-corrected chi connectivity index (χ1v) is 12.5. The van der Waals surface area contributed by atoms with Crippen LogP contribution in [0, 0.1) is 5.82 Å². The number of rotatable bonds is 10. The zero-order chi connectivity index (χ0) is 29.5. The topological polar surface area (TPSA) is 114 Å². The van der Waals surface area contributed by atoms with Crippen LogP contribution in [-0.4, -0.2) is 33.9 Å². The Morgan fingerprint density at radius 3 is 2.40 bits per heavy atom. The molecule has 0 bridgehead atoms. The van der Waals surface area contributed by atoms with Crippen LogP contribution in [0.1, 0.15) is 5.56 Å². The Bertz CT molecular complexity index is 1660. The fourth-order valence-corrected chi connectivity index (χ4v) is 3.85. The molecule has 0 radical (unpaired) electrons. The highest BCUT2D eigenvalue weighted by Gasteiger charge is 2.31. The quantitative estimate of drug-likeness (QED) is 0.165. The maximum Gasteiger partial charge on any atom is 0.573 e. The summed E-state index contributed by atoms with van der Waals surface area (Å²) in [7, 11) is 0. The number of nitrogens with zero attached hydrogens (tertiary/aromatic N) is 3. The van der Waals surface area contributed by atoms with Gasteiger partial charge in [0.1, 0.15) is 17.4 Å². The Labute approximate surface area is 236 Å². The summed E-state index contributed by atoms with van der Waals surface area (Å²) in [6.45, 7) is 0.401. The molecule has 0 fully saturated rings. The Morgan fingerprint density at radius 2 is 1.67 bits per heavy atom. The molecule has 9 nitrogen and oxygen atoms in total. The van der Waals surface area contributed by atoms with E-state index in [1.807, 2.05) is 0 Å². The van der Waals surface area contributed by atoms with Gasteiger partial charge >= 0.3 is 6.36 Å². The fourth-order valence-electron chi connectivity index (χ4n) is 3.85. The van der Waals surface area contributed by atoms with Crippen LogP contribution in [0.25, 0.3) is 22.8 Å². The maximum atomic E-state index is 13.3. The Balaban J connectivity index is 1.16. The predicted octanol–water partition coefficient (Wildman–Crippen LogP) is 6.31. The average Bonchev–Trinajstić information content (AvgIpc) is 3.45. The van der Waals surface area contributed by atoms with Crippen molar-refractivity contribution < 1.29 is 31.6 Å². The number of hydrogen-bond donors (Lipinski definition) is 3. The van der Waals surface area contributed by atoms with Gasteiger partial charge in [0.15, 0.2) is 0 Å². The number of benzene rings is 3. The first kappa shape index (κ1) is 28.2. The number of carbonyl (C=O) groups is 1. The first-order valence-electron chi connectivity index (χ1n) is 12.5. The van der Waals surface area contributed by atoms with Crippen molar-refractivity contribution in [2.24, 2.45) is 0 Å². The van der Waals surface area contributed by atoms with Crippen LogP contribution >= 0.6 is 0 Å². The summed E-state index contributed by atoms with van der Waals surface area (Å²) >= 11 is 0. The molecule has 3 aromatic carbocycles. The monoisotopic (exact) mass is 578 g/mol. The molecule has 0 aliphatic rings. The van der Waals surface area contributed by atoms with E-state index in [9.17, 15) is 22.4 Å². The molecule has 2 aromatic heterocycles. The number of alkyl halides is 3. The maximum absolute atomic E-state index is 13.3. The lowest BCUT2D eigenvalue weighted by Crippen LogP contribution is -2.27. The molecule has 214 valence electrons. The van der Waals surface area contributed by atoms with Crippen molar-refractivity contribution in [3.63, 3.8) is 0 Å². The minimum Gasteiger partial charge on any atom is -0.406 e. The standard InChI is InChI=1S/C29H22F4N6O3/c30-21-3-1-2-18(14-21)16-34-17-26(40)37-23-6-4-19(5-7-23)28-38-27(39-42-28)20-12-13-35-25(15-20)36-22-8-10-24(11-9-22)41-29(31,32)33/h1-15,34H,16-17H2,(H,35,36)(H,37,40). The Hall–Kier alpha value is -5.30. The highest BCUT2D eigenvalue weighted by Crippen LogP contribution is 2.27. The summed E-state index contributed by atoms with van der Waals surface area (Å²) < 4.78 is 59.6. The third-order valence-electron chi connectivity index (χ3n) is 5.72. The number of ether oxygens (including phenoxy) is 1. The molecule has 0 atom stereocenters. The third kappa shape index (κ3) is 7.88. The van der Waals surface area contributed by atoms with Crippen LogP contribution in [0.5, 0.6) is 5.75 Å². The molecule has 3 N–H and O–H groups in total. The zero-order valence-corrected chi connectivity index (χ0v) is 21.7. The molecule has 0 unspecified atom stereocenters. The van der Waals surface area contributed by atoms with Crippen LogP contribution in [0.4, 0.5) is 34.8 Å². The van der Waals surface area contributed by atoms with Crippen molar-refractivity contribution in [3.8, 4) is 28.6 Å². The van der Waals surface area contributed by atoms with Crippen LogP contribution < -0.4 is 20.7 Å². The summed E-state index contributed by atoms with van der Waals surface area (Å²) in [5.74, 6) is 0.0395. The fraction of sp³-hybridized carbons (Fsp3) is 0.103. The van der Waals surface area contributed by atoms with Gasteiger partial charge in [0.05, 0.1) is 6.54 Å². The van der Waals surface area contributed by atoms with Gasteiger partial charge in [-0.1, -0.05) is 17.3 Å². The van der Waals surface area contributed by atoms with E-state index < -0.39 is 6.36 Å². The number of aromatic nitrogens is 3. The summed E-state index contributed by atoms with van der Waals surface area (Å²) in [5, 5.41) is 12.8. The van der Waals surface area contributed by atoms with Gasteiger partial charge in [-0.15, -0.1) is 13.2 Å². The van der Waals surface area contributed by atoms with Crippen molar-refractivity contribution in [2.45, 2.75) is 12.9 Å². The lowest BCUT2D eigenvalue weighted by molar-refractivity contribution is -0.274. The molecule has 5 rings (SSSR count). The molecular formula is C29H22F4N6O3. The Kier molecular flexibility index (Phi) is 8.39. The number of amides is 1. The zero-order valence-electron chi connectivity index (χ0n) is 21.7. The SMILES string of the molecule is O=C(CNCc1cccc(F)c1)Nc1ccc(-c2nc(-c3ccnc(Nc4ccc(OC(F)(F)F)cc4)c3)no2)cc1. The van der Waals surface area contributed by atoms with Gasteiger partial charge in [-0.3, -0.25) is 4.79 Å².